The molecular formula is C22H35F3N2. The molecule has 0 aliphatic heterocycles. The molecular weight excluding hydrogens is 349 g/mol. The highest BCUT2D eigenvalue weighted by Crippen LogP contribution is 2.29. The van der Waals surface area contributed by atoms with Crippen molar-refractivity contribution in [2.75, 3.05) is 6.54 Å². The normalized spacial score (nSPS) is 11.8. The average molecular weight is 385 g/mol. The van der Waals surface area contributed by atoms with Crippen LogP contribution in [0.2, 0.25) is 0 Å². The van der Waals surface area contributed by atoms with Gasteiger partial charge in [-0.3, -0.25) is 0 Å². The van der Waals surface area contributed by atoms with Crippen LogP contribution in [0.3, 0.4) is 0 Å². The van der Waals surface area contributed by atoms with Gasteiger partial charge in [-0.15, -0.1) is 0 Å². The van der Waals surface area contributed by atoms with Crippen LogP contribution in [-0.4, -0.2) is 12.6 Å². The van der Waals surface area contributed by atoms with E-state index in [1.54, 1.807) is 6.07 Å². The first-order valence-electron chi connectivity index (χ1n) is 9.81. The Morgan fingerprint density at radius 1 is 1.11 bits per heavy atom. The quantitative estimate of drug-likeness (QED) is 0.428. The molecule has 0 spiro atoms. The van der Waals surface area contributed by atoms with Crippen molar-refractivity contribution in [2.45, 2.75) is 72.0 Å². The van der Waals surface area contributed by atoms with Gasteiger partial charge in [0.2, 0.25) is 0 Å². The number of rotatable bonds is 11. The van der Waals surface area contributed by atoms with Gasteiger partial charge in [0.1, 0.15) is 0 Å². The van der Waals surface area contributed by atoms with Crippen molar-refractivity contribution in [1.29, 1.82) is 0 Å². The third kappa shape index (κ3) is 10.1. The SMILES string of the molecule is C=C(Cc1cccc(C(F)(F)F)c1)NC(CC)C(=C)NCCCCC.CC. The highest BCUT2D eigenvalue weighted by molar-refractivity contribution is 5.28. The van der Waals surface area contributed by atoms with Gasteiger partial charge in [0.15, 0.2) is 0 Å². The van der Waals surface area contributed by atoms with Gasteiger partial charge in [-0.1, -0.05) is 71.9 Å². The summed E-state index contributed by atoms with van der Waals surface area (Å²) in [7, 11) is 0. The number of benzene rings is 1. The van der Waals surface area contributed by atoms with Gasteiger partial charge >= 0.3 is 6.18 Å². The molecule has 2 N–H and O–H groups in total. The smallest absolute Gasteiger partial charge is 0.387 e. The lowest BCUT2D eigenvalue weighted by atomic mass is 10.1. The van der Waals surface area contributed by atoms with Crippen LogP contribution in [0, 0.1) is 0 Å². The van der Waals surface area contributed by atoms with Crippen LogP contribution in [-0.2, 0) is 12.6 Å². The molecule has 1 aromatic rings. The van der Waals surface area contributed by atoms with Crippen molar-refractivity contribution in [3.63, 3.8) is 0 Å². The second kappa shape index (κ2) is 13.3. The van der Waals surface area contributed by atoms with E-state index < -0.39 is 11.7 Å². The van der Waals surface area contributed by atoms with Crippen molar-refractivity contribution in [3.05, 3.63) is 59.9 Å². The summed E-state index contributed by atoms with van der Waals surface area (Å²) >= 11 is 0. The predicted octanol–water partition coefficient (Wildman–Crippen LogP) is 6.45. The van der Waals surface area contributed by atoms with Gasteiger partial charge in [0.25, 0.3) is 0 Å². The Hall–Kier alpha value is -1.91. The topological polar surface area (TPSA) is 24.1 Å². The summed E-state index contributed by atoms with van der Waals surface area (Å²) in [6.07, 6.45) is 0.277. The van der Waals surface area contributed by atoms with Gasteiger partial charge in [0, 0.05) is 24.4 Å². The van der Waals surface area contributed by atoms with Gasteiger partial charge in [0.05, 0.1) is 11.6 Å². The number of halogens is 3. The maximum atomic E-state index is 12.8. The van der Waals surface area contributed by atoms with Gasteiger partial charge < -0.3 is 10.6 Å². The van der Waals surface area contributed by atoms with E-state index in [2.05, 4.69) is 30.7 Å². The molecule has 0 aliphatic rings. The molecule has 0 aliphatic carbocycles. The van der Waals surface area contributed by atoms with E-state index in [0.717, 1.165) is 37.6 Å². The lowest BCUT2D eigenvalue weighted by molar-refractivity contribution is -0.137. The monoisotopic (exact) mass is 384 g/mol. The number of allylic oxidation sites excluding steroid dienone is 1. The van der Waals surface area contributed by atoms with E-state index in [-0.39, 0.29) is 6.04 Å². The largest absolute Gasteiger partial charge is 0.416 e. The van der Waals surface area contributed by atoms with E-state index in [9.17, 15) is 13.2 Å². The molecule has 2 nitrogen and oxygen atoms in total. The number of hydrogen-bond acceptors (Lipinski definition) is 2. The molecule has 0 radical (unpaired) electrons. The maximum Gasteiger partial charge on any atom is 0.416 e. The third-order valence-corrected chi connectivity index (χ3v) is 4.01. The Balaban J connectivity index is 0.00000326. The molecule has 154 valence electrons. The van der Waals surface area contributed by atoms with Crippen LogP contribution in [0.4, 0.5) is 13.2 Å². The molecule has 1 rings (SSSR count). The maximum absolute atomic E-state index is 12.8. The Bertz CT molecular complexity index is 565. The Kier molecular flexibility index (Phi) is 12.3. The van der Waals surface area contributed by atoms with Crippen LogP contribution in [0.1, 0.15) is 64.5 Å². The molecule has 5 heteroatoms. The number of unbranched alkanes of at least 4 members (excludes halogenated alkanes) is 2. The molecule has 1 unspecified atom stereocenters. The Morgan fingerprint density at radius 3 is 2.33 bits per heavy atom. The number of hydrogen-bond donors (Lipinski definition) is 2. The zero-order valence-corrected chi connectivity index (χ0v) is 17.2. The van der Waals surface area contributed by atoms with Crippen molar-refractivity contribution >= 4 is 0 Å². The Morgan fingerprint density at radius 2 is 1.78 bits per heavy atom. The summed E-state index contributed by atoms with van der Waals surface area (Å²) < 4.78 is 38.4. The first kappa shape index (κ1) is 25.1. The number of nitrogens with one attached hydrogen (secondary N) is 2. The van der Waals surface area contributed by atoms with Crippen LogP contribution >= 0.6 is 0 Å². The van der Waals surface area contributed by atoms with Crippen LogP contribution in [0.25, 0.3) is 0 Å². The zero-order valence-electron chi connectivity index (χ0n) is 17.2. The van der Waals surface area contributed by atoms with E-state index in [0.29, 0.717) is 17.7 Å². The predicted molar refractivity (Wildman–Crippen MR) is 110 cm³/mol. The molecule has 0 saturated heterocycles. The van der Waals surface area contributed by atoms with Crippen molar-refractivity contribution < 1.29 is 13.2 Å². The second-order valence-electron chi connectivity index (χ2n) is 6.24. The lowest BCUT2D eigenvalue weighted by Gasteiger charge is -2.23. The van der Waals surface area contributed by atoms with Gasteiger partial charge in [-0.05, 0) is 24.5 Å². The summed E-state index contributed by atoms with van der Waals surface area (Å²) in [5.74, 6) is 0. The van der Waals surface area contributed by atoms with Crippen LogP contribution in [0.5, 0.6) is 0 Å². The molecule has 27 heavy (non-hydrogen) atoms. The van der Waals surface area contributed by atoms with E-state index in [4.69, 9.17) is 0 Å². The van der Waals surface area contributed by atoms with Gasteiger partial charge in [-0.25, -0.2) is 0 Å². The average Bonchev–Trinajstić information content (AvgIpc) is 2.64. The highest BCUT2D eigenvalue weighted by Gasteiger charge is 2.30. The molecule has 0 heterocycles. The second-order valence-corrected chi connectivity index (χ2v) is 6.24. The molecule has 0 amide bonds. The molecule has 0 bridgehead atoms. The minimum Gasteiger partial charge on any atom is -0.387 e. The lowest BCUT2D eigenvalue weighted by Crippen LogP contribution is -2.35. The zero-order chi connectivity index (χ0) is 20.9. The first-order chi connectivity index (χ1) is 12.8. The fraction of sp³-hybridized carbons (Fsp3) is 0.545. The van der Waals surface area contributed by atoms with Crippen LogP contribution < -0.4 is 10.6 Å². The minimum absolute atomic E-state index is 0.0138. The molecule has 1 atom stereocenters. The summed E-state index contributed by atoms with van der Waals surface area (Å²) in [5.41, 5.74) is 1.53. The number of alkyl halides is 3. The van der Waals surface area contributed by atoms with Crippen molar-refractivity contribution in [2.24, 2.45) is 0 Å². The standard InChI is InChI=1S/C20H29F3N2.C2H6/c1-5-7-8-12-24-16(4)19(6-2)25-15(3)13-17-10-9-11-18(14-17)20(21,22)23;1-2/h9-11,14,19,24-25H,3-8,12-13H2,1-2H3;1-2H3. The fourth-order valence-electron chi connectivity index (χ4n) is 2.58. The first-order valence-corrected chi connectivity index (χ1v) is 9.81. The molecule has 0 fully saturated rings. The molecule has 0 aromatic heterocycles. The van der Waals surface area contributed by atoms with Crippen molar-refractivity contribution in [1.82, 2.24) is 10.6 Å². The third-order valence-electron chi connectivity index (χ3n) is 4.01. The summed E-state index contributed by atoms with van der Waals surface area (Å²) in [5, 5.41) is 6.60. The van der Waals surface area contributed by atoms with E-state index in [1.165, 1.54) is 18.6 Å². The molecule has 1 aromatic carbocycles. The fourth-order valence-corrected chi connectivity index (χ4v) is 2.58. The van der Waals surface area contributed by atoms with Gasteiger partial charge in [-0.2, -0.15) is 13.2 Å². The highest BCUT2D eigenvalue weighted by atomic mass is 19.4. The molecule has 0 saturated carbocycles. The summed E-state index contributed by atoms with van der Waals surface area (Å²) in [6.45, 7) is 17.1. The Labute approximate surface area is 162 Å². The van der Waals surface area contributed by atoms with E-state index >= 15 is 0 Å². The summed E-state index contributed by atoms with van der Waals surface area (Å²) in [6, 6.07) is 5.37. The minimum atomic E-state index is -4.33. The van der Waals surface area contributed by atoms with Crippen LogP contribution in [0.15, 0.2) is 48.8 Å². The van der Waals surface area contributed by atoms with Crippen molar-refractivity contribution in [3.8, 4) is 0 Å². The van der Waals surface area contributed by atoms with E-state index in [1.807, 2.05) is 20.8 Å². The summed E-state index contributed by atoms with van der Waals surface area (Å²) in [4.78, 5) is 0.